The van der Waals surface area contributed by atoms with Gasteiger partial charge in [0.1, 0.15) is 0 Å². The molecule has 0 fully saturated rings. The van der Waals surface area contributed by atoms with Gasteiger partial charge >= 0.3 is 0 Å². The first kappa shape index (κ1) is 12.2. The highest BCUT2D eigenvalue weighted by atomic mass is 16.5. The summed E-state index contributed by atoms with van der Waals surface area (Å²) in [6.07, 6.45) is 3.98. The van der Waals surface area contributed by atoms with Gasteiger partial charge in [0.2, 0.25) is 5.88 Å². The lowest BCUT2D eigenvalue weighted by atomic mass is 10.1. The smallest absolute Gasteiger partial charge is 0.217 e. The second kappa shape index (κ2) is 5.41. The largest absolute Gasteiger partial charge is 0.481 e. The van der Waals surface area contributed by atoms with Crippen LogP contribution in [0.2, 0.25) is 0 Å². The van der Waals surface area contributed by atoms with E-state index in [-0.39, 0.29) is 0 Å². The summed E-state index contributed by atoms with van der Waals surface area (Å²) in [4.78, 5) is 4.22. The summed E-state index contributed by atoms with van der Waals surface area (Å²) in [5.41, 5.74) is 4.05. The maximum absolute atomic E-state index is 5.27. The van der Waals surface area contributed by atoms with Crippen LogP contribution in [0, 0.1) is 0 Å². The molecule has 3 nitrogen and oxygen atoms in total. The predicted octanol–water partition coefficient (Wildman–Crippen LogP) is 2.35. The van der Waals surface area contributed by atoms with Crippen molar-refractivity contribution >= 4 is 0 Å². The molecule has 1 aliphatic rings. The van der Waals surface area contributed by atoms with Gasteiger partial charge in [-0.1, -0.05) is 30.3 Å². The second-order valence-corrected chi connectivity index (χ2v) is 4.93. The van der Waals surface area contributed by atoms with E-state index in [0.29, 0.717) is 11.9 Å². The standard InChI is InChI=1S/C16H18N2O/c1-19-16-14(7-4-8-17-16)11-18-15-9-12-5-2-3-6-13(12)10-15/h2-8,15,18H,9-11H2,1H3. The summed E-state index contributed by atoms with van der Waals surface area (Å²) in [5.74, 6) is 0.713. The van der Waals surface area contributed by atoms with Crippen molar-refractivity contribution in [2.75, 3.05) is 7.11 Å². The third-order valence-electron chi connectivity index (χ3n) is 3.68. The summed E-state index contributed by atoms with van der Waals surface area (Å²) in [7, 11) is 1.66. The Labute approximate surface area is 113 Å². The lowest BCUT2D eigenvalue weighted by Gasteiger charge is -2.13. The van der Waals surface area contributed by atoms with E-state index < -0.39 is 0 Å². The molecule has 1 aromatic carbocycles. The van der Waals surface area contributed by atoms with E-state index in [1.165, 1.54) is 11.1 Å². The lowest BCUT2D eigenvalue weighted by Crippen LogP contribution is -2.29. The van der Waals surface area contributed by atoms with Crippen LogP contribution < -0.4 is 10.1 Å². The van der Waals surface area contributed by atoms with Gasteiger partial charge in [0, 0.05) is 24.3 Å². The van der Waals surface area contributed by atoms with Crippen LogP contribution in [0.5, 0.6) is 5.88 Å². The highest BCUT2D eigenvalue weighted by Gasteiger charge is 2.20. The molecule has 0 atom stereocenters. The minimum atomic E-state index is 0.516. The number of ether oxygens (including phenoxy) is 1. The molecule has 0 saturated carbocycles. The molecule has 0 saturated heterocycles. The van der Waals surface area contributed by atoms with Crippen molar-refractivity contribution in [3.63, 3.8) is 0 Å². The molecule has 0 spiro atoms. The van der Waals surface area contributed by atoms with Crippen molar-refractivity contribution in [3.05, 3.63) is 59.3 Å². The Morgan fingerprint density at radius 3 is 2.58 bits per heavy atom. The number of hydrogen-bond acceptors (Lipinski definition) is 3. The number of rotatable bonds is 4. The Balaban J connectivity index is 1.63. The first-order valence-corrected chi connectivity index (χ1v) is 6.65. The van der Waals surface area contributed by atoms with Crippen molar-refractivity contribution in [1.82, 2.24) is 10.3 Å². The van der Waals surface area contributed by atoms with Gasteiger partial charge < -0.3 is 10.1 Å². The molecule has 3 heteroatoms. The van der Waals surface area contributed by atoms with Gasteiger partial charge in [-0.05, 0) is 30.0 Å². The lowest BCUT2D eigenvalue weighted by molar-refractivity contribution is 0.388. The molecule has 2 aromatic rings. The second-order valence-electron chi connectivity index (χ2n) is 4.93. The average molecular weight is 254 g/mol. The van der Waals surface area contributed by atoms with Crippen LogP contribution in [0.1, 0.15) is 16.7 Å². The zero-order valence-corrected chi connectivity index (χ0v) is 11.1. The van der Waals surface area contributed by atoms with Gasteiger partial charge in [0.25, 0.3) is 0 Å². The third kappa shape index (κ3) is 2.61. The van der Waals surface area contributed by atoms with Gasteiger partial charge in [-0.25, -0.2) is 4.98 Å². The van der Waals surface area contributed by atoms with Crippen LogP contribution in [0.25, 0.3) is 0 Å². The SMILES string of the molecule is COc1ncccc1CNC1Cc2ccccc2C1. The van der Waals surface area contributed by atoms with Crippen LogP contribution in [-0.2, 0) is 19.4 Å². The van der Waals surface area contributed by atoms with E-state index in [1.807, 2.05) is 6.07 Å². The van der Waals surface area contributed by atoms with E-state index in [1.54, 1.807) is 13.3 Å². The molecule has 3 rings (SSSR count). The van der Waals surface area contributed by atoms with Gasteiger partial charge in [0.15, 0.2) is 0 Å². The van der Waals surface area contributed by atoms with Crippen molar-refractivity contribution < 1.29 is 4.74 Å². The number of hydrogen-bond donors (Lipinski definition) is 1. The Bertz CT molecular complexity index is 543. The summed E-state index contributed by atoms with van der Waals surface area (Å²) >= 11 is 0. The highest BCUT2D eigenvalue weighted by molar-refractivity contribution is 5.33. The summed E-state index contributed by atoms with van der Waals surface area (Å²) in [6.45, 7) is 0.801. The van der Waals surface area contributed by atoms with E-state index in [9.17, 15) is 0 Å². The molecule has 0 radical (unpaired) electrons. The Morgan fingerprint density at radius 2 is 1.89 bits per heavy atom. The normalized spacial score (nSPS) is 14.4. The maximum atomic E-state index is 5.27. The molecule has 1 N–H and O–H groups in total. The van der Waals surface area contributed by atoms with Gasteiger partial charge in [0.05, 0.1) is 7.11 Å². The molecule has 98 valence electrons. The fourth-order valence-electron chi connectivity index (χ4n) is 2.70. The Hall–Kier alpha value is -1.87. The molecule has 1 aromatic heterocycles. The maximum Gasteiger partial charge on any atom is 0.217 e. The topological polar surface area (TPSA) is 34.1 Å². The molecule has 0 amide bonds. The minimum absolute atomic E-state index is 0.516. The number of nitrogens with zero attached hydrogens (tertiary/aromatic N) is 1. The summed E-state index contributed by atoms with van der Waals surface area (Å²) < 4.78 is 5.27. The quantitative estimate of drug-likeness (QED) is 0.909. The monoisotopic (exact) mass is 254 g/mol. The van der Waals surface area contributed by atoms with Crippen molar-refractivity contribution in [1.29, 1.82) is 0 Å². The molecular formula is C16H18N2O. The highest BCUT2D eigenvalue weighted by Crippen LogP contribution is 2.22. The van der Waals surface area contributed by atoms with E-state index in [0.717, 1.165) is 24.9 Å². The van der Waals surface area contributed by atoms with E-state index in [4.69, 9.17) is 4.74 Å². The number of pyridine rings is 1. The minimum Gasteiger partial charge on any atom is -0.481 e. The fourth-order valence-corrected chi connectivity index (χ4v) is 2.70. The van der Waals surface area contributed by atoms with Crippen molar-refractivity contribution in [2.24, 2.45) is 0 Å². The van der Waals surface area contributed by atoms with Gasteiger partial charge in [-0.3, -0.25) is 0 Å². The van der Waals surface area contributed by atoms with Crippen LogP contribution in [0.3, 0.4) is 0 Å². The number of methoxy groups -OCH3 is 1. The zero-order valence-electron chi connectivity index (χ0n) is 11.1. The Kier molecular flexibility index (Phi) is 3.47. The van der Waals surface area contributed by atoms with Crippen molar-refractivity contribution in [2.45, 2.75) is 25.4 Å². The van der Waals surface area contributed by atoms with Crippen LogP contribution in [0.4, 0.5) is 0 Å². The molecule has 0 unspecified atom stereocenters. The van der Waals surface area contributed by atoms with Crippen LogP contribution in [-0.4, -0.2) is 18.1 Å². The first-order chi connectivity index (χ1) is 9.36. The number of nitrogens with one attached hydrogen (secondary N) is 1. The number of aromatic nitrogens is 1. The summed E-state index contributed by atoms with van der Waals surface area (Å²) in [6, 6.07) is 13.2. The number of benzene rings is 1. The summed E-state index contributed by atoms with van der Waals surface area (Å²) in [5, 5.41) is 3.60. The average Bonchev–Trinajstić information content (AvgIpc) is 2.88. The van der Waals surface area contributed by atoms with Gasteiger partial charge in [-0.15, -0.1) is 0 Å². The molecule has 0 bridgehead atoms. The van der Waals surface area contributed by atoms with E-state index in [2.05, 4.69) is 40.6 Å². The predicted molar refractivity (Wildman–Crippen MR) is 75.3 cm³/mol. The van der Waals surface area contributed by atoms with E-state index >= 15 is 0 Å². The molecule has 19 heavy (non-hydrogen) atoms. The molecular weight excluding hydrogens is 236 g/mol. The first-order valence-electron chi connectivity index (χ1n) is 6.65. The third-order valence-corrected chi connectivity index (χ3v) is 3.68. The molecule has 0 aliphatic heterocycles. The Morgan fingerprint density at radius 1 is 1.16 bits per heavy atom. The van der Waals surface area contributed by atoms with Gasteiger partial charge in [-0.2, -0.15) is 0 Å². The van der Waals surface area contributed by atoms with Crippen molar-refractivity contribution in [3.8, 4) is 5.88 Å². The molecule has 1 aliphatic carbocycles. The van der Waals surface area contributed by atoms with Crippen LogP contribution in [0.15, 0.2) is 42.6 Å². The molecule has 1 heterocycles. The zero-order chi connectivity index (χ0) is 13.1. The van der Waals surface area contributed by atoms with Crippen LogP contribution >= 0.6 is 0 Å². The number of fused-ring (bicyclic) bond motifs is 1. The fraction of sp³-hybridized carbons (Fsp3) is 0.312.